The van der Waals surface area contributed by atoms with Crippen LogP contribution in [-0.2, 0) is 7.05 Å². The summed E-state index contributed by atoms with van der Waals surface area (Å²) in [5, 5.41) is 10.7. The maximum absolute atomic E-state index is 9.74. The minimum atomic E-state index is 0.673. The van der Waals surface area contributed by atoms with Gasteiger partial charge < -0.3 is 14.0 Å². The fraction of sp³-hybridized carbons (Fsp3) is 0.211. The number of aromatic nitrogens is 1. The van der Waals surface area contributed by atoms with Crippen LogP contribution in [0.15, 0.2) is 42.5 Å². The van der Waals surface area contributed by atoms with E-state index in [1.165, 1.54) is 0 Å². The van der Waals surface area contributed by atoms with Crippen LogP contribution in [0.25, 0.3) is 22.2 Å². The monoisotopic (exact) mass is 337 g/mol. The van der Waals surface area contributed by atoms with Gasteiger partial charge >= 0.3 is 0 Å². The average molecular weight is 337 g/mol. The van der Waals surface area contributed by atoms with E-state index in [-0.39, 0.29) is 0 Å². The van der Waals surface area contributed by atoms with E-state index in [4.69, 9.17) is 4.74 Å². The van der Waals surface area contributed by atoms with Gasteiger partial charge in [-0.1, -0.05) is 31.0 Å². The molecule has 3 rings (SSSR count). The van der Waals surface area contributed by atoms with Crippen molar-refractivity contribution in [1.82, 2.24) is 4.57 Å². The molecular weight excluding hydrogens is 318 g/mol. The Morgan fingerprint density at radius 2 is 2.08 bits per heavy atom. The second kappa shape index (κ2) is 6.90. The molecule has 0 fully saturated rings. The number of hydrogen-bond donors (Lipinski definition) is 1. The maximum Gasteiger partial charge on any atom is 0.119 e. The van der Waals surface area contributed by atoms with Crippen LogP contribution in [-0.4, -0.2) is 17.4 Å². The molecule has 2 aromatic carbocycles. The second-order valence-corrected chi connectivity index (χ2v) is 6.46. The molecule has 0 aliphatic heterocycles. The van der Waals surface area contributed by atoms with Crippen LogP contribution >= 0.6 is 11.9 Å². The molecule has 0 aliphatic carbocycles. The third kappa shape index (κ3) is 2.81. The molecule has 1 aromatic heterocycles. The number of methoxy groups -OCH3 is 1. The highest BCUT2D eigenvalue weighted by atomic mass is 32.2. The highest BCUT2D eigenvalue weighted by molar-refractivity contribution is 8.00. The Morgan fingerprint density at radius 1 is 1.25 bits per heavy atom. The first-order chi connectivity index (χ1) is 11.7. The summed E-state index contributed by atoms with van der Waals surface area (Å²) in [6.07, 6.45) is 0. The second-order valence-electron chi connectivity index (χ2n) is 5.39. The van der Waals surface area contributed by atoms with E-state index in [9.17, 15) is 5.26 Å². The van der Waals surface area contributed by atoms with E-state index in [0.29, 0.717) is 5.56 Å². The lowest BCUT2D eigenvalue weighted by Crippen LogP contribution is -1.94. The van der Waals surface area contributed by atoms with Crippen LogP contribution in [0.3, 0.4) is 0 Å². The third-order valence-electron chi connectivity index (χ3n) is 3.99. The molecule has 0 amide bonds. The van der Waals surface area contributed by atoms with E-state index >= 15 is 0 Å². The highest BCUT2D eigenvalue weighted by Crippen LogP contribution is 2.35. The molecule has 0 spiro atoms. The molecule has 0 unspecified atom stereocenters. The van der Waals surface area contributed by atoms with Gasteiger partial charge in [-0.2, -0.15) is 5.26 Å². The van der Waals surface area contributed by atoms with Gasteiger partial charge in [0.05, 0.1) is 18.4 Å². The van der Waals surface area contributed by atoms with Crippen molar-refractivity contribution in [3.63, 3.8) is 0 Å². The number of aryl methyl sites for hydroxylation is 1. The van der Waals surface area contributed by atoms with Crippen LogP contribution < -0.4 is 9.46 Å². The quantitative estimate of drug-likeness (QED) is 0.679. The standard InChI is InChI=1S/C19H19N3OS/c1-4-24-21-14-7-5-6-13(10-14)19-17(12-20)16-11-15(23-3)8-9-18(16)22(19)2/h5-11,21H,4H2,1-3H3. The summed E-state index contributed by atoms with van der Waals surface area (Å²) in [5.41, 5.74) is 4.67. The van der Waals surface area contributed by atoms with Crippen molar-refractivity contribution in [2.75, 3.05) is 17.6 Å². The van der Waals surface area contributed by atoms with Crippen molar-refractivity contribution in [2.24, 2.45) is 7.05 Å². The van der Waals surface area contributed by atoms with Crippen LogP contribution in [0.5, 0.6) is 5.75 Å². The van der Waals surface area contributed by atoms with Gasteiger partial charge in [-0.25, -0.2) is 0 Å². The summed E-state index contributed by atoms with van der Waals surface area (Å²) in [6.45, 7) is 2.10. The number of anilines is 1. The Kier molecular flexibility index (Phi) is 4.68. The van der Waals surface area contributed by atoms with Gasteiger partial charge in [0.2, 0.25) is 0 Å². The van der Waals surface area contributed by atoms with Crippen LogP contribution in [0.2, 0.25) is 0 Å². The van der Waals surface area contributed by atoms with E-state index < -0.39 is 0 Å². The van der Waals surface area contributed by atoms with Crippen molar-refractivity contribution < 1.29 is 4.74 Å². The maximum atomic E-state index is 9.74. The predicted octanol–water partition coefficient (Wildman–Crippen LogP) is 4.81. The minimum absolute atomic E-state index is 0.673. The van der Waals surface area contributed by atoms with Crippen LogP contribution in [0.1, 0.15) is 12.5 Å². The fourth-order valence-electron chi connectivity index (χ4n) is 2.89. The van der Waals surface area contributed by atoms with Gasteiger partial charge in [-0.05, 0) is 30.3 Å². The Morgan fingerprint density at radius 3 is 2.79 bits per heavy atom. The van der Waals surface area contributed by atoms with E-state index in [2.05, 4.69) is 28.3 Å². The molecular formula is C19H19N3OS. The predicted molar refractivity (Wildman–Crippen MR) is 101 cm³/mol. The SMILES string of the molecule is CCSNc1cccc(-c2c(C#N)c3cc(OC)ccc3n2C)c1. The molecule has 3 aromatic rings. The van der Waals surface area contributed by atoms with Gasteiger partial charge in [0.15, 0.2) is 0 Å². The first-order valence-corrected chi connectivity index (χ1v) is 8.73. The number of nitrogens with one attached hydrogen (secondary N) is 1. The van der Waals surface area contributed by atoms with Gasteiger partial charge in [-0.3, -0.25) is 0 Å². The number of fused-ring (bicyclic) bond motifs is 1. The fourth-order valence-corrected chi connectivity index (χ4v) is 3.33. The van der Waals surface area contributed by atoms with Gasteiger partial charge in [-0.15, -0.1) is 0 Å². The first-order valence-electron chi connectivity index (χ1n) is 7.74. The average Bonchev–Trinajstić information content (AvgIpc) is 2.91. The van der Waals surface area contributed by atoms with Gasteiger partial charge in [0.25, 0.3) is 0 Å². The zero-order chi connectivity index (χ0) is 17.1. The molecule has 5 heteroatoms. The lowest BCUT2D eigenvalue weighted by atomic mass is 10.1. The number of nitriles is 1. The summed E-state index contributed by atoms with van der Waals surface area (Å²) >= 11 is 1.65. The number of hydrogen-bond acceptors (Lipinski definition) is 4. The van der Waals surface area contributed by atoms with Gasteiger partial charge in [0, 0.05) is 35.0 Å². The van der Waals surface area contributed by atoms with Gasteiger partial charge in [0.1, 0.15) is 11.8 Å². The molecule has 0 aliphatic rings. The Balaban J connectivity index is 2.19. The summed E-state index contributed by atoms with van der Waals surface area (Å²) in [7, 11) is 3.63. The first kappa shape index (κ1) is 16.3. The normalized spacial score (nSPS) is 10.6. The topological polar surface area (TPSA) is 50.0 Å². The molecule has 24 heavy (non-hydrogen) atoms. The Hall–Kier alpha value is -2.58. The molecule has 4 nitrogen and oxygen atoms in total. The highest BCUT2D eigenvalue weighted by Gasteiger charge is 2.17. The van der Waals surface area contributed by atoms with E-state index in [0.717, 1.165) is 39.4 Å². The zero-order valence-corrected chi connectivity index (χ0v) is 14.8. The van der Waals surface area contributed by atoms with Crippen molar-refractivity contribution in [2.45, 2.75) is 6.92 Å². The van der Waals surface area contributed by atoms with Crippen molar-refractivity contribution in [3.8, 4) is 23.1 Å². The minimum Gasteiger partial charge on any atom is -0.497 e. The largest absolute Gasteiger partial charge is 0.497 e. The molecule has 0 saturated heterocycles. The van der Waals surface area contributed by atoms with Crippen molar-refractivity contribution >= 4 is 28.5 Å². The van der Waals surface area contributed by atoms with Crippen molar-refractivity contribution in [1.29, 1.82) is 5.26 Å². The number of ether oxygens (including phenoxy) is 1. The third-order valence-corrected chi connectivity index (χ3v) is 4.66. The lowest BCUT2D eigenvalue weighted by molar-refractivity contribution is 0.415. The molecule has 0 bridgehead atoms. The molecule has 122 valence electrons. The Labute approximate surface area is 146 Å². The summed E-state index contributed by atoms with van der Waals surface area (Å²) in [4.78, 5) is 0. The Bertz CT molecular complexity index is 924. The smallest absolute Gasteiger partial charge is 0.119 e. The number of rotatable bonds is 5. The zero-order valence-electron chi connectivity index (χ0n) is 14.0. The molecule has 0 radical (unpaired) electrons. The lowest BCUT2D eigenvalue weighted by Gasteiger charge is -2.09. The summed E-state index contributed by atoms with van der Waals surface area (Å²) in [5.74, 6) is 1.74. The van der Waals surface area contributed by atoms with Crippen molar-refractivity contribution in [3.05, 3.63) is 48.0 Å². The number of benzene rings is 2. The molecule has 1 N–H and O–H groups in total. The molecule has 0 atom stereocenters. The summed E-state index contributed by atoms with van der Waals surface area (Å²) in [6, 6.07) is 16.4. The van der Waals surface area contributed by atoms with E-state index in [1.54, 1.807) is 19.1 Å². The molecule has 1 heterocycles. The summed E-state index contributed by atoms with van der Waals surface area (Å²) < 4.78 is 10.7. The number of nitrogens with zero attached hydrogens (tertiary/aromatic N) is 2. The van der Waals surface area contributed by atoms with Crippen LogP contribution in [0.4, 0.5) is 5.69 Å². The van der Waals surface area contributed by atoms with Crippen LogP contribution in [0, 0.1) is 11.3 Å². The van der Waals surface area contributed by atoms with E-state index in [1.807, 2.05) is 43.4 Å². The molecule has 0 saturated carbocycles.